The first-order valence-corrected chi connectivity index (χ1v) is 10.7. The normalized spacial score (nSPS) is 15.9. The van der Waals surface area contributed by atoms with Crippen molar-refractivity contribution in [3.63, 3.8) is 0 Å². The van der Waals surface area contributed by atoms with Crippen molar-refractivity contribution >= 4 is 5.91 Å². The van der Waals surface area contributed by atoms with Crippen LogP contribution in [0.4, 0.5) is 0 Å². The number of rotatable bonds is 11. The van der Waals surface area contributed by atoms with E-state index in [1.54, 1.807) is 7.11 Å². The number of carbonyl (C=O) groups is 1. The summed E-state index contributed by atoms with van der Waals surface area (Å²) < 4.78 is 10.8. The van der Waals surface area contributed by atoms with Gasteiger partial charge < -0.3 is 19.5 Å². The number of benzene rings is 1. The molecule has 1 unspecified atom stereocenters. The van der Waals surface area contributed by atoms with E-state index in [0.29, 0.717) is 5.76 Å². The zero-order chi connectivity index (χ0) is 20.9. The van der Waals surface area contributed by atoms with Crippen LogP contribution in [-0.4, -0.2) is 48.7 Å². The minimum Gasteiger partial charge on any atom is -0.497 e. The largest absolute Gasteiger partial charge is 0.497 e. The van der Waals surface area contributed by atoms with Crippen LogP contribution in [-0.2, 0) is 10.2 Å². The Morgan fingerprint density at radius 1 is 1.31 bits per heavy atom. The third-order valence-corrected chi connectivity index (χ3v) is 5.92. The van der Waals surface area contributed by atoms with Gasteiger partial charge in [0.25, 0.3) is 0 Å². The molecule has 6 heteroatoms. The van der Waals surface area contributed by atoms with Crippen molar-refractivity contribution in [2.24, 2.45) is 0 Å². The molecule has 1 amide bonds. The van der Waals surface area contributed by atoms with Crippen LogP contribution in [0.25, 0.3) is 11.3 Å². The van der Waals surface area contributed by atoms with Crippen molar-refractivity contribution in [3.8, 4) is 17.1 Å². The molecule has 1 atom stereocenters. The molecule has 1 aliphatic rings. The summed E-state index contributed by atoms with van der Waals surface area (Å²) in [5.74, 6) is 1.49. The number of amides is 1. The molecule has 1 aromatic heterocycles. The zero-order valence-electron chi connectivity index (χ0n) is 18.0. The molecule has 3 rings (SSSR count). The number of ether oxygens (including phenoxy) is 1. The van der Waals surface area contributed by atoms with Crippen LogP contribution in [0.15, 0.2) is 34.9 Å². The molecular weight excluding hydrogens is 366 g/mol. The number of hydrogen-bond acceptors (Lipinski definition) is 5. The molecule has 0 spiro atoms. The lowest BCUT2D eigenvalue weighted by Crippen LogP contribution is -2.40. The summed E-state index contributed by atoms with van der Waals surface area (Å²) in [4.78, 5) is 15.4. The summed E-state index contributed by atoms with van der Waals surface area (Å²) in [6.45, 7) is 9.67. The minimum atomic E-state index is -0.534. The summed E-state index contributed by atoms with van der Waals surface area (Å²) >= 11 is 0. The lowest BCUT2D eigenvalue weighted by atomic mass is 9.99. The molecule has 0 radical (unpaired) electrons. The molecule has 0 aliphatic heterocycles. The van der Waals surface area contributed by atoms with E-state index < -0.39 is 5.41 Å². The maximum atomic E-state index is 13.0. The molecule has 1 saturated carbocycles. The van der Waals surface area contributed by atoms with Gasteiger partial charge in [-0.1, -0.05) is 31.1 Å². The van der Waals surface area contributed by atoms with Crippen LogP contribution >= 0.6 is 0 Å². The molecule has 158 valence electrons. The Balaban J connectivity index is 1.59. The number of carbonyl (C=O) groups excluding carboxylic acids is 1. The van der Waals surface area contributed by atoms with Crippen LogP contribution in [0.1, 0.15) is 52.1 Å². The van der Waals surface area contributed by atoms with E-state index in [1.165, 1.54) is 0 Å². The third-order valence-electron chi connectivity index (χ3n) is 5.92. The lowest BCUT2D eigenvalue weighted by Gasteiger charge is -2.21. The number of nitrogens with one attached hydrogen (secondary N) is 1. The Morgan fingerprint density at radius 2 is 2.07 bits per heavy atom. The van der Waals surface area contributed by atoms with Crippen LogP contribution in [0.2, 0.25) is 0 Å². The van der Waals surface area contributed by atoms with Gasteiger partial charge in [-0.3, -0.25) is 4.79 Å². The smallest absolute Gasteiger partial charge is 0.232 e. The van der Waals surface area contributed by atoms with Gasteiger partial charge in [0.05, 0.1) is 18.2 Å². The van der Waals surface area contributed by atoms with Gasteiger partial charge in [0.2, 0.25) is 5.91 Å². The van der Waals surface area contributed by atoms with E-state index >= 15 is 0 Å². The van der Waals surface area contributed by atoms with Gasteiger partial charge in [0, 0.05) is 17.7 Å². The van der Waals surface area contributed by atoms with E-state index in [4.69, 9.17) is 9.26 Å². The van der Waals surface area contributed by atoms with Crippen LogP contribution in [0.3, 0.4) is 0 Å². The number of aromatic nitrogens is 1. The summed E-state index contributed by atoms with van der Waals surface area (Å²) in [5, 5.41) is 7.43. The molecule has 6 nitrogen and oxygen atoms in total. The average molecular weight is 400 g/mol. The average Bonchev–Trinajstić information content (AvgIpc) is 3.41. The van der Waals surface area contributed by atoms with E-state index in [2.05, 4.69) is 36.1 Å². The first kappa shape index (κ1) is 21.4. The Morgan fingerprint density at radius 3 is 2.72 bits per heavy atom. The number of hydrogen-bond donors (Lipinski definition) is 1. The Kier molecular flexibility index (Phi) is 6.96. The van der Waals surface area contributed by atoms with Gasteiger partial charge in [-0.15, -0.1) is 0 Å². The topological polar surface area (TPSA) is 67.6 Å². The molecule has 0 saturated heterocycles. The van der Waals surface area contributed by atoms with Crippen molar-refractivity contribution in [1.29, 1.82) is 0 Å². The van der Waals surface area contributed by atoms with E-state index in [-0.39, 0.29) is 11.9 Å². The molecule has 1 N–H and O–H groups in total. The lowest BCUT2D eigenvalue weighted by molar-refractivity contribution is -0.124. The minimum absolute atomic E-state index is 0.0679. The molecule has 2 aromatic rings. The highest BCUT2D eigenvalue weighted by atomic mass is 16.5. The first-order valence-electron chi connectivity index (χ1n) is 10.7. The van der Waals surface area contributed by atoms with Gasteiger partial charge in [0.15, 0.2) is 5.76 Å². The van der Waals surface area contributed by atoms with E-state index in [0.717, 1.165) is 62.3 Å². The first-order chi connectivity index (χ1) is 14.0. The summed E-state index contributed by atoms with van der Waals surface area (Å²) in [5.41, 5.74) is 1.08. The SMILES string of the molecule is CCN(CC)CCCC(C)NC(=O)C1(c2cc(-c3cccc(OC)c3)on2)CC1. The molecule has 1 aromatic carbocycles. The van der Waals surface area contributed by atoms with Gasteiger partial charge in [0.1, 0.15) is 5.75 Å². The van der Waals surface area contributed by atoms with Gasteiger partial charge in [-0.25, -0.2) is 0 Å². The van der Waals surface area contributed by atoms with Gasteiger partial charge in [-0.05, 0) is 64.4 Å². The maximum absolute atomic E-state index is 13.0. The second-order valence-corrected chi connectivity index (χ2v) is 7.93. The van der Waals surface area contributed by atoms with Crippen LogP contribution < -0.4 is 10.1 Å². The molecule has 1 heterocycles. The van der Waals surface area contributed by atoms with Crippen LogP contribution in [0, 0.1) is 0 Å². The van der Waals surface area contributed by atoms with Crippen molar-refractivity contribution in [2.45, 2.75) is 57.9 Å². The highest BCUT2D eigenvalue weighted by Gasteiger charge is 2.54. The Bertz CT molecular complexity index is 809. The standard InChI is InChI=1S/C23H33N3O3/c1-5-26(6-2)14-8-9-17(3)24-22(27)23(12-13-23)21-16-20(29-25-21)18-10-7-11-19(15-18)28-4/h7,10-11,15-17H,5-6,8-9,12-14H2,1-4H3,(H,24,27). The Labute approximate surface area is 173 Å². The molecule has 0 bridgehead atoms. The summed E-state index contributed by atoms with van der Waals surface area (Å²) in [7, 11) is 1.64. The fourth-order valence-electron chi connectivity index (χ4n) is 3.73. The second-order valence-electron chi connectivity index (χ2n) is 7.93. The van der Waals surface area contributed by atoms with Crippen molar-refractivity contribution in [2.75, 3.05) is 26.7 Å². The number of nitrogens with zero attached hydrogens (tertiary/aromatic N) is 2. The molecule has 1 aliphatic carbocycles. The summed E-state index contributed by atoms with van der Waals surface area (Å²) in [6.07, 6.45) is 3.69. The maximum Gasteiger partial charge on any atom is 0.232 e. The fraction of sp³-hybridized carbons (Fsp3) is 0.565. The van der Waals surface area contributed by atoms with E-state index in [9.17, 15) is 4.79 Å². The van der Waals surface area contributed by atoms with Crippen molar-refractivity contribution in [3.05, 3.63) is 36.0 Å². The van der Waals surface area contributed by atoms with Crippen molar-refractivity contribution < 1.29 is 14.1 Å². The second kappa shape index (κ2) is 9.44. The fourth-order valence-corrected chi connectivity index (χ4v) is 3.73. The van der Waals surface area contributed by atoms with Crippen LogP contribution in [0.5, 0.6) is 5.75 Å². The summed E-state index contributed by atoms with van der Waals surface area (Å²) in [6, 6.07) is 9.70. The highest BCUT2D eigenvalue weighted by Crippen LogP contribution is 2.48. The third kappa shape index (κ3) is 4.99. The van der Waals surface area contributed by atoms with Gasteiger partial charge in [-0.2, -0.15) is 0 Å². The molecule has 1 fully saturated rings. The van der Waals surface area contributed by atoms with E-state index in [1.807, 2.05) is 30.3 Å². The molecular formula is C23H33N3O3. The van der Waals surface area contributed by atoms with Crippen molar-refractivity contribution in [1.82, 2.24) is 15.4 Å². The molecule has 29 heavy (non-hydrogen) atoms. The monoisotopic (exact) mass is 399 g/mol. The highest BCUT2D eigenvalue weighted by molar-refractivity contribution is 5.91. The predicted octanol–water partition coefficient (Wildman–Crippen LogP) is 4.01. The number of methoxy groups -OCH3 is 1. The quantitative estimate of drug-likeness (QED) is 0.618. The Hall–Kier alpha value is -2.34. The zero-order valence-corrected chi connectivity index (χ0v) is 18.0. The predicted molar refractivity (Wildman–Crippen MR) is 114 cm³/mol. The van der Waals surface area contributed by atoms with Gasteiger partial charge >= 0.3 is 0 Å².